The molecule has 0 aliphatic rings. The van der Waals surface area contributed by atoms with Crippen molar-refractivity contribution in [1.82, 2.24) is 9.88 Å². The lowest BCUT2D eigenvalue weighted by atomic mass is 9.97. The molecule has 0 spiro atoms. The summed E-state index contributed by atoms with van der Waals surface area (Å²) >= 11 is 0. The minimum atomic E-state index is 0.685. The zero-order chi connectivity index (χ0) is 20.0. The number of rotatable bonds is 14. The number of pyridine rings is 1. The summed E-state index contributed by atoms with van der Waals surface area (Å²) in [5.74, 6) is 0.792. The van der Waals surface area contributed by atoms with E-state index in [1.807, 2.05) is 18.5 Å². The molecule has 0 N–H and O–H groups in total. The van der Waals surface area contributed by atoms with Gasteiger partial charge in [-0.05, 0) is 75.1 Å². The fourth-order valence-electron chi connectivity index (χ4n) is 4.14. The van der Waals surface area contributed by atoms with Crippen molar-refractivity contribution in [3.63, 3.8) is 0 Å². The molecule has 1 heterocycles. The van der Waals surface area contributed by atoms with Crippen molar-refractivity contribution in [2.75, 3.05) is 13.6 Å². The van der Waals surface area contributed by atoms with Gasteiger partial charge in [0.05, 0.1) is 0 Å². The molecule has 1 aromatic heterocycles. The molecule has 0 saturated carbocycles. The largest absolute Gasteiger partial charge is 0.303 e. The second-order valence-corrected chi connectivity index (χ2v) is 8.47. The number of unbranched alkanes of at least 4 members (excludes halogenated alkanes) is 1. The van der Waals surface area contributed by atoms with Crippen LogP contribution in [0.2, 0.25) is 0 Å². The van der Waals surface area contributed by atoms with Gasteiger partial charge in [-0.15, -0.1) is 0 Å². The minimum absolute atomic E-state index is 0.685. The van der Waals surface area contributed by atoms with Crippen molar-refractivity contribution in [2.45, 2.75) is 77.7 Å². The number of hydrogen-bond acceptors (Lipinski definition) is 2. The standard InChI is InChI=1S/C26H40N2/c1-4-5-12-23(2)22-28(3)26(18-9-15-24-13-7-6-8-14-24)19-10-16-25-17-11-20-27-21-25/h6-8,11,13-14,17,20-21,23,26H,4-5,9-10,12,15-16,18-19,22H2,1-3H3. The van der Waals surface area contributed by atoms with Gasteiger partial charge in [-0.2, -0.15) is 0 Å². The van der Waals surface area contributed by atoms with Crippen LogP contribution in [0.5, 0.6) is 0 Å². The van der Waals surface area contributed by atoms with Gasteiger partial charge in [0.25, 0.3) is 0 Å². The normalized spacial score (nSPS) is 13.6. The minimum Gasteiger partial charge on any atom is -0.303 e. The van der Waals surface area contributed by atoms with Crippen molar-refractivity contribution < 1.29 is 0 Å². The van der Waals surface area contributed by atoms with Crippen LogP contribution in [0.25, 0.3) is 0 Å². The first-order valence-electron chi connectivity index (χ1n) is 11.3. The van der Waals surface area contributed by atoms with E-state index < -0.39 is 0 Å². The molecule has 0 aliphatic heterocycles. The molecule has 0 radical (unpaired) electrons. The van der Waals surface area contributed by atoms with Gasteiger partial charge in [0.1, 0.15) is 0 Å². The van der Waals surface area contributed by atoms with Crippen LogP contribution in [0, 0.1) is 5.92 Å². The topological polar surface area (TPSA) is 16.1 Å². The lowest BCUT2D eigenvalue weighted by Gasteiger charge is -2.31. The summed E-state index contributed by atoms with van der Waals surface area (Å²) < 4.78 is 0. The Morgan fingerprint density at radius 1 is 0.857 bits per heavy atom. The molecule has 2 aromatic rings. The van der Waals surface area contributed by atoms with E-state index in [1.165, 1.54) is 69.0 Å². The molecule has 2 heteroatoms. The fraction of sp³-hybridized carbons (Fsp3) is 0.577. The maximum Gasteiger partial charge on any atom is 0.0299 e. The van der Waals surface area contributed by atoms with Crippen LogP contribution in [0.4, 0.5) is 0 Å². The number of benzene rings is 1. The van der Waals surface area contributed by atoms with Crippen LogP contribution in [-0.4, -0.2) is 29.5 Å². The predicted molar refractivity (Wildman–Crippen MR) is 122 cm³/mol. The molecule has 1 aromatic carbocycles. The Bertz CT molecular complexity index is 565. The van der Waals surface area contributed by atoms with Crippen LogP contribution in [0.3, 0.4) is 0 Å². The van der Waals surface area contributed by atoms with Crippen LogP contribution < -0.4 is 0 Å². The Hall–Kier alpha value is -1.67. The Kier molecular flexibility index (Phi) is 10.9. The number of nitrogens with zero attached hydrogens (tertiary/aromatic N) is 2. The van der Waals surface area contributed by atoms with Crippen molar-refractivity contribution in [3.05, 3.63) is 66.0 Å². The molecule has 0 fully saturated rings. The van der Waals surface area contributed by atoms with E-state index in [-0.39, 0.29) is 0 Å². The lowest BCUT2D eigenvalue weighted by molar-refractivity contribution is 0.183. The van der Waals surface area contributed by atoms with Crippen LogP contribution >= 0.6 is 0 Å². The maximum atomic E-state index is 4.26. The molecule has 0 amide bonds. The first-order chi connectivity index (χ1) is 13.7. The average Bonchev–Trinajstić information content (AvgIpc) is 2.72. The summed E-state index contributed by atoms with van der Waals surface area (Å²) in [6.07, 6.45) is 15.3. The van der Waals surface area contributed by atoms with Crippen molar-refractivity contribution in [2.24, 2.45) is 5.92 Å². The summed E-state index contributed by atoms with van der Waals surface area (Å²) in [5, 5.41) is 0. The Morgan fingerprint density at radius 2 is 1.54 bits per heavy atom. The van der Waals surface area contributed by atoms with Crippen LogP contribution in [0.1, 0.15) is 69.9 Å². The molecule has 0 saturated heterocycles. The molecule has 0 bridgehead atoms. The monoisotopic (exact) mass is 380 g/mol. The van der Waals surface area contributed by atoms with Gasteiger partial charge < -0.3 is 4.90 Å². The van der Waals surface area contributed by atoms with Gasteiger partial charge in [-0.25, -0.2) is 0 Å². The van der Waals surface area contributed by atoms with Crippen molar-refractivity contribution in [1.29, 1.82) is 0 Å². The molecule has 154 valence electrons. The Morgan fingerprint density at radius 3 is 2.18 bits per heavy atom. The zero-order valence-electron chi connectivity index (χ0n) is 18.3. The number of hydrogen-bond donors (Lipinski definition) is 0. The molecular formula is C26H40N2. The van der Waals surface area contributed by atoms with Gasteiger partial charge in [0.15, 0.2) is 0 Å². The number of aromatic nitrogens is 1. The highest BCUT2D eigenvalue weighted by molar-refractivity contribution is 5.14. The molecule has 0 aliphatic carbocycles. The molecule has 2 unspecified atom stereocenters. The summed E-state index contributed by atoms with van der Waals surface area (Å²) in [5.41, 5.74) is 2.83. The second kappa shape index (κ2) is 13.5. The van der Waals surface area contributed by atoms with Gasteiger partial charge >= 0.3 is 0 Å². The van der Waals surface area contributed by atoms with Crippen LogP contribution in [-0.2, 0) is 12.8 Å². The average molecular weight is 381 g/mol. The molecule has 2 atom stereocenters. The first kappa shape index (κ1) is 22.6. The first-order valence-corrected chi connectivity index (χ1v) is 11.3. The zero-order valence-corrected chi connectivity index (χ0v) is 18.3. The summed E-state index contributed by atoms with van der Waals surface area (Å²) in [6, 6.07) is 15.9. The second-order valence-electron chi connectivity index (χ2n) is 8.47. The van der Waals surface area contributed by atoms with Crippen molar-refractivity contribution in [3.8, 4) is 0 Å². The van der Waals surface area contributed by atoms with Gasteiger partial charge in [0, 0.05) is 25.0 Å². The van der Waals surface area contributed by atoms with Crippen molar-refractivity contribution >= 4 is 0 Å². The highest BCUT2D eigenvalue weighted by Crippen LogP contribution is 2.19. The van der Waals surface area contributed by atoms with Gasteiger partial charge in [-0.1, -0.05) is 63.1 Å². The third-order valence-electron chi connectivity index (χ3n) is 5.84. The predicted octanol–water partition coefficient (Wildman–Crippen LogP) is 6.55. The lowest BCUT2D eigenvalue weighted by Crippen LogP contribution is -2.35. The highest BCUT2D eigenvalue weighted by atomic mass is 15.1. The Labute approximate surface area is 173 Å². The molecule has 2 nitrogen and oxygen atoms in total. The fourth-order valence-corrected chi connectivity index (χ4v) is 4.14. The van der Waals surface area contributed by atoms with Crippen LogP contribution in [0.15, 0.2) is 54.9 Å². The summed E-state index contributed by atoms with van der Waals surface area (Å²) in [7, 11) is 2.35. The van der Waals surface area contributed by atoms with Gasteiger partial charge in [-0.3, -0.25) is 4.98 Å². The van der Waals surface area contributed by atoms with E-state index in [0.29, 0.717) is 6.04 Å². The van der Waals surface area contributed by atoms with E-state index in [9.17, 15) is 0 Å². The smallest absolute Gasteiger partial charge is 0.0299 e. The third-order valence-corrected chi connectivity index (χ3v) is 5.84. The summed E-state index contributed by atoms with van der Waals surface area (Å²) in [4.78, 5) is 6.91. The van der Waals surface area contributed by atoms with E-state index in [2.05, 4.69) is 67.2 Å². The SMILES string of the molecule is CCCCC(C)CN(C)C(CCCc1ccccc1)CCCc1cccnc1. The molecular weight excluding hydrogens is 340 g/mol. The molecule has 28 heavy (non-hydrogen) atoms. The quantitative estimate of drug-likeness (QED) is 0.369. The molecule has 2 rings (SSSR count). The van der Waals surface area contributed by atoms with E-state index in [1.54, 1.807) is 0 Å². The Balaban J connectivity index is 1.83. The van der Waals surface area contributed by atoms with Gasteiger partial charge in [0.2, 0.25) is 0 Å². The maximum absolute atomic E-state index is 4.26. The third kappa shape index (κ3) is 9.01. The highest BCUT2D eigenvalue weighted by Gasteiger charge is 2.17. The van der Waals surface area contributed by atoms with E-state index in [0.717, 1.165) is 12.3 Å². The number of aryl methyl sites for hydroxylation is 2. The van der Waals surface area contributed by atoms with E-state index in [4.69, 9.17) is 0 Å². The summed E-state index contributed by atoms with van der Waals surface area (Å²) in [6.45, 7) is 5.94. The van der Waals surface area contributed by atoms with E-state index >= 15 is 0 Å².